The SMILES string of the molecule is CC(C)(C)Cn1c(=O)nc(NC2(C(=O)NC3C(=O)COC3CO)CCCCCC2)c2ccccc21. The largest absolute Gasteiger partial charge is 0.394 e. The average molecular weight is 485 g/mol. The van der Waals surface area contributed by atoms with Crippen LogP contribution in [-0.4, -0.2) is 57.2 Å². The molecule has 3 N–H and O–H groups in total. The number of rotatable bonds is 6. The third-order valence-corrected chi connectivity index (χ3v) is 6.90. The van der Waals surface area contributed by atoms with Gasteiger partial charge < -0.3 is 20.5 Å². The third kappa shape index (κ3) is 5.41. The van der Waals surface area contributed by atoms with E-state index in [0.29, 0.717) is 25.2 Å². The summed E-state index contributed by atoms with van der Waals surface area (Å²) in [7, 11) is 0. The average Bonchev–Trinajstić information content (AvgIpc) is 3.00. The maximum atomic E-state index is 13.7. The van der Waals surface area contributed by atoms with Crippen molar-refractivity contribution in [1.29, 1.82) is 0 Å². The number of para-hydroxylation sites is 1. The summed E-state index contributed by atoms with van der Waals surface area (Å²) in [5.74, 6) is -0.207. The molecule has 35 heavy (non-hydrogen) atoms. The van der Waals surface area contributed by atoms with Gasteiger partial charge in [-0.15, -0.1) is 0 Å². The number of carbonyl (C=O) groups excluding carboxylic acids is 2. The number of ether oxygens (including phenoxy) is 1. The van der Waals surface area contributed by atoms with Crippen molar-refractivity contribution in [2.45, 2.75) is 83.5 Å². The van der Waals surface area contributed by atoms with Crippen molar-refractivity contribution >= 4 is 28.4 Å². The Labute approximate surface area is 205 Å². The van der Waals surface area contributed by atoms with Crippen LogP contribution in [0.4, 0.5) is 5.82 Å². The van der Waals surface area contributed by atoms with Crippen molar-refractivity contribution in [1.82, 2.24) is 14.9 Å². The summed E-state index contributed by atoms with van der Waals surface area (Å²) in [5.41, 5.74) is -0.762. The Morgan fingerprint density at radius 3 is 2.51 bits per heavy atom. The fourth-order valence-electron chi connectivity index (χ4n) is 5.11. The predicted octanol–water partition coefficient (Wildman–Crippen LogP) is 2.39. The van der Waals surface area contributed by atoms with Crippen LogP contribution in [0.2, 0.25) is 0 Å². The van der Waals surface area contributed by atoms with Gasteiger partial charge in [0.15, 0.2) is 5.78 Å². The zero-order chi connectivity index (χ0) is 25.2. The molecule has 1 aliphatic carbocycles. The molecule has 0 spiro atoms. The van der Waals surface area contributed by atoms with E-state index in [4.69, 9.17) is 4.74 Å². The molecule has 2 heterocycles. The molecule has 1 aromatic carbocycles. The van der Waals surface area contributed by atoms with Crippen molar-refractivity contribution in [3.05, 3.63) is 34.7 Å². The number of nitrogens with zero attached hydrogens (tertiary/aromatic N) is 2. The van der Waals surface area contributed by atoms with Gasteiger partial charge in [0.1, 0.15) is 30.1 Å². The molecular formula is C26H36N4O5. The van der Waals surface area contributed by atoms with Crippen LogP contribution in [0.3, 0.4) is 0 Å². The van der Waals surface area contributed by atoms with Crippen LogP contribution in [0.15, 0.2) is 29.1 Å². The predicted molar refractivity (Wildman–Crippen MR) is 133 cm³/mol. The van der Waals surface area contributed by atoms with Gasteiger partial charge in [-0.05, 0) is 30.4 Å². The topological polar surface area (TPSA) is 123 Å². The fraction of sp³-hybridized carbons (Fsp3) is 0.615. The van der Waals surface area contributed by atoms with E-state index in [0.717, 1.165) is 36.6 Å². The number of fused-ring (bicyclic) bond motifs is 1. The first kappa shape index (κ1) is 25.3. The molecule has 190 valence electrons. The van der Waals surface area contributed by atoms with Crippen LogP contribution in [-0.2, 0) is 20.9 Å². The van der Waals surface area contributed by atoms with E-state index in [1.54, 1.807) is 4.57 Å². The minimum Gasteiger partial charge on any atom is -0.394 e. The molecule has 9 heteroatoms. The first-order valence-corrected chi connectivity index (χ1v) is 12.5. The van der Waals surface area contributed by atoms with Crippen LogP contribution in [0.25, 0.3) is 10.9 Å². The standard InChI is InChI=1S/C26H36N4O5/c1-25(2,3)16-30-18-11-7-6-10-17(18)22(28-24(30)34)29-26(12-8-4-5-9-13-26)23(33)27-21-19(32)15-35-20(21)14-31/h6-7,10-11,20-21,31H,4-5,8-9,12-16H2,1-3H3,(H,27,33)(H,28,29,34). The number of aromatic nitrogens is 2. The van der Waals surface area contributed by atoms with Crippen LogP contribution in [0.1, 0.15) is 59.3 Å². The van der Waals surface area contributed by atoms with Crippen molar-refractivity contribution < 1.29 is 19.4 Å². The zero-order valence-corrected chi connectivity index (χ0v) is 20.8. The number of hydrogen-bond donors (Lipinski definition) is 3. The molecule has 0 radical (unpaired) electrons. The van der Waals surface area contributed by atoms with Gasteiger partial charge in [0.25, 0.3) is 0 Å². The Kier molecular flexibility index (Phi) is 7.28. The van der Waals surface area contributed by atoms with E-state index in [1.807, 2.05) is 24.3 Å². The maximum absolute atomic E-state index is 13.7. The van der Waals surface area contributed by atoms with Crippen molar-refractivity contribution in [2.75, 3.05) is 18.5 Å². The van der Waals surface area contributed by atoms with Gasteiger partial charge >= 0.3 is 5.69 Å². The van der Waals surface area contributed by atoms with Gasteiger partial charge in [0.2, 0.25) is 5.91 Å². The molecule has 2 aliphatic rings. The summed E-state index contributed by atoms with van der Waals surface area (Å²) in [6.45, 7) is 6.23. The second-order valence-corrected chi connectivity index (χ2v) is 11.0. The highest BCUT2D eigenvalue weighted by Gasteiger charge is 2.44. The highest BCUT2D eigenvalue weighted by atomic mass is 16.5. The zero-order valence-electron chi connectivity index (χ0n) is 20.8. The molecular weight excluding hydrogens is 448 g/mol. The fourth-order valence-corrected chi connectivity index (χ4v) is 5.11. The number of Topliss-reactive ketones (excluding diaryl/α,β-unsaturated/α-hetero) is 1. The van der Waals surface area contributed by atoms with Gasteiger partial charge in [0.05, 0.1) is 12.1 Å². The Morgan fingerprint density at radius 1 is 1.17 bits per heavy atom. The lowest BCUT2D eigenvalue weighted by Crippen LogP contribution is -2.58. The van der Waals surface area contributed by atoms with E-state index >= 15 is 0 Å². The number of ketones is 1. The van der Waals surface area contributed by atoms with Gasteiger partial charge in [-0.2, -0.15) is 4.98 Å². The van der Waals surface area contributed by atoms with E-state index in [9.17, 15) is 19.5 Å². The summed E-state index contributed by atoms with van der Waals surface area (Å²) in [5, 5.41) is 16.6. The van der Waals surface area contributed by atoms with Gasteiger partial charge in [-0.25, -0.2) is 4.79 Å². The Bertz CT molecular complexity index is 1140. The first-order valence-electron chi connectivity index (χ1n) is 12.5. The van der Waals surface area contributed by atoms with E-state index in [1.165, 1.54) is 0 Å². The number of aliphatic hydroxyl groups is 1. The van der Waals surface area contributed by atoms with E-state index < -0.39 is 17.7 Å². The molecule has 1 aliphatic heterocycles. The summed E-state index contributed by atoms with van der Waals surface area (Å²) in [6.07, 6.45) is 4.01. The van der Waals surface area contributed by atoms with Crippen LogP contribution >= 0.6 is 0 Å². The second kappa shape index (κ2) is 10.1. The molecule has 2 atom stereocenters. The van der Waals surface area contributed by atoms with Gasteiger partial charge in [-0.1, -0.05) is 58.6 Å². The van der Waals surface area contributed by atoms with Crippen molar-refractivity contribution in [3.8, 4) is 0 Å². The lowest BCUT2D eigenvalue weighted by Gasteiger charge is -2.35. The number of amides is 1. The Morgan fingerprint density at radius 2 is 1.86 bits per heavy atom. The smallest absolute Gasteiger partial charge is 0.350 e. The summed E-state index contributed by atoms with van der Waals surface area (Å²) in [6, 6.07) is 6.69. The maximum Gasteiger partial charge on any atom is 0.350 e. The monoisotopic (exact) mass is 484 g/mol. The van der Waals surface area contributed by atoms with Gasteiger partial charge in [-0.3, -0.25) is 14.2 Å². The van der Waals surface area contributed by atoms with E-state index in [-0.39, 0.29) is 36.0 Å². The molecule has 1 amide bonds. The Balaban J connectivity index is 1.73. The molecule has 2 unspecified atom stereocenters. The molecule has 1 saturated heterocycles. The molecule has 1 aromatic heterocycles. The number of carbonyl (C=O) groups is 2. The highest BCUT2D eigenvalue weighted by Crippen LogP contribution is 2.33. The minimum absolute atomic E-state index is 0.120. The minimum atomic E-state index is -1.03. The van der Waals surface area contributed by atoms with E-state index in [2.05, 4.69) is 36.4 Å². The Hall–Kier alpha value is -2.78. The van der Waals surface area contributed by atoms with Crippen LogP contribution in [0.5, 0.6) is 0 Å². The van der Waals surface area contributed by atoms with Crippen molar-refractivity contribution in [2.24, 2.45) is 5.41 Å². The molecule has 1 saturated carbocycles. The first-order chi connectivity index (χ1) is 16.6. The number of anilines is 1. The quantitative estimate of drug-likeness (QED) is 0.538. The normalized spacial score (nSPS) is 22.7. The molecule has 9 nitrogen and oxygen atoms in total. The van der Waals surface area contributed by atoms with Crippen molar-refractivity contribution in [3.63, 3.8) is 0 Å². The molecule has 2 fully saturated rings. The van der Waals surface area contributed by atoms with Crippen LogP contribution < -0.4 is 16.3 Å². The summed E-state index contributed by atoms with van der Waals surface area (Å²) >= 11 is 0. The lowest BCUT2D eigenvalue weighted by atomic mass is 9.88. The third-order valence-electron chi connectivity index (χ3n) is 6.90. The highest BCUT2D eigenvalue weighted by molar-refractivity contribution is 5.98. The number of aliphatic hydroxyl groups excluding tert-OH is 1. The number of nitrogens with one attached hydrogen (secondary N) is 2. The van der Waals surface area contributed by atoms with Crippen LogP contribution in [0, 0.1) is 5.41 Å². The summed E-state index contributed by atoms with van der Waals surface area (Å²) in [4.78, 5) is 43.6. The number of hydrogen-bond acceptors (Lipinski definition) is 7. The molecule has 2 aromatic rings. The summed E-state index contributed by atoms with van der Waals surface area (Å²) < 4.78 is 7.01. The lowest BCUT2D eigenvalue weighted by molar-refractivity contribution is -0.130. The molecule has 4 rings (SSSR count). The second-order valence-electron chi connectivity index (χ2n) is 11.0. The molecule has 0 bridgehead atoms. The van der Waals surface area contributed by atoms with Gasteiger partial charge in [0, 0.05) is 11.9 Å². The number of benzene rings is 1.